The molecule has 0 aliphatic carbocycles. The number of hydrogen-bond acceptors (Lipinski definition) is 6. The highest BCUT2D eigenvalue weighted by Crippen LogP contribution is 2.24. The number of rotatable bonds is 1. The average molecular weight is 202 g/mol. The number of nitrogens with zero attached hydrogens (tertiary/aromatic N) is 4. The standard InChI is InChI=1S/C9H6N4O2/c1-15-7-2-5-8(13-6(7)3-10)9(14)12-4-11-5/h2,4H,1H3,(H,11,12,14). The molecule has 74 valence electrons. The molecule has 2 aromatic rings. The number of nitriles is 1. The summed E-state index contributed by atoms with van der Waals surface area (Å²) in [6, 6.07) is 3.39. The average Bonchev–Trinajstić information content (AvgIpc) is 2.28. The molecule has 0 aliphatic rings. The van der Waals surface area contributed by atoms with Crippen LogP contribution in [0, 0.1) is 11.3 Å². The largest absolute Gasteiger partial charge is 0.494 e. The van der Waals surface area contributed by atoms with Crippen molar-refractivity contribution in [2.75, 3.05) is 7.11 Å². The van der Waals surface area contributed by atoms with Crippen molar-refractivity contribution in [3.63, 3.8) is 0 Å². The summed E-state index contributed by atoms with van der Waals surface area (Å²) in [5.41, 5.74) is 0.711. The molecule has 0 aliphatic heterocycles. The van der Waals surface area contributed by atoms with E-state index in [1.807, 2.05) is 6.07 Å². The van der Waals surface area contributed by atoms with E-state index in [1.165, 1.54) is 19.5 Å². The van der Waals surface area contributed by atoms with Crippen molar-refractivity contribution in [1.82, 2.24) is 15.0 Å². The predicted octanol–water partition coefficient (Wildman–Crippen LogP) is 0.611. The molecular formula is C9H6N4O2. The fourth-order valence-electron chi connectivity index (χ4n) is 1.19. The second kappa shape index (κ2) is 3.38. The van der Waals surface area contributed by atoms with Crippen LogP contribution in [0.15, 0.2) is 12.4 Å². The lowest BCUT2D eigenvalue weighted by Crippen LogP contribution is -1.94. The van der Waals surface area contributed by atoms with Crippen molar-refractivity contribution in [3.8, 4) is 17.7 Å². The van der Waals surface area contributed by atoms with E-state index in [4.69, 9.17) is 10.00 Å². The van der Waals surface area contributed by atoms with E-state index in [2.05, 4.69) is 15.0 Å². The molecule has 2 aromatic heterocycles. The molecule has 0 saturated carbocycles. The summed E-state index contributed by atoms with van der Waals surface area (Å²) < 4.78 is 4.96. The van der Waals surface area contributed by atoms with Crippen molar-refractivity contribution in [1.29, 1.82) is 5.26 Å². The Morgan fingerprint density at radius 3 is 2.93 bits per heavy atom. The molecule has 0 saturated heterocycles. The molecule has 2 heterocycles. The van der Waals surface area contributed by atoms with Gasteiger partial charge in [0.1, 0.15) is 12.4 Å². The maximum atomic E-state index is 9.39. The molecular weight excluding hydrogens is 196 g/mol. The van der Waals surface area contributed by atoms with Crippen LogP contribution in [0.3, 0.4) is 0 Å². The van der Waals surface area contributed by atoms with Crippen LogP contribution >= 0.6 is 0 Å². The van der Waals surface area contributed by atoms with Crippen LogP contribution in [0.2, 0.25) is 0 Å². The Morgan fingerprint density at radius 2 is 2.27 bits per heavy atom. The highest BCUT2D eigenvalue weighted by Gasteiger charge is 2.10. The van der Waals surface area contributed by atoms with Gasteiger partial charge in [0.2, 0.25) is 5.88 Å². The Hall–Kier alpha value is -2.42. The molecule has 0 radical (unpaired) electrons. The van der Waals surface area contributed by atoms with Gasteiger partial charge >= 0.3 is 0 Å². The molecule has 0 fully saturated rings. The topological polar surface area (TPSA) is 91.9 Å². The van der Waals surface area contributed by atoms with Gasteiger partial charge in [-0.1, -0.05) is 0 Å². The number of hydrogen-bond donors (Lipinski definition) is 1. The zero-order chi connectivity index (χ0) is 10.8. The quantitative estimate of drug-likeness (QED) is 0.728. The molecule has 6 heteroatoms. The lowest BCUT2D eigenvalue weighted by molar-refractivity contribution is 0.411. The van der Waals surface area contributed by atoms with Crippen LogP contribution < -0.4 is 4.74 Å². The highest BCUT2D eigenvalue weighted by molar-refractivity contribution is 5.80. The van der Waals surface area contributed by atoms with E-state index in [1.54, 1.807) is 0 Å². The minimum absolute atomic E-state index is 0.0927. The van der Waals surface area contributed by atoms with Crippen molar-refractivity contribution < 1.29 is 9.84 Å². The van der Waals surface area contributed by atoms with E-state index in [0.29, 0.717) is 11.3 Å². The highest BCUT2D eigenvalue weighted by atomic mass is 16.5. The van der Waals surface area contributed by atoms with E-state index in [9.17, 15) is 5.11 Å². The summed E-state index contributed by atoms with van der Waals surface area (Å²) in [7, 11) is 1.44. The fraction of sp³-hybridized carbons (Fsp3) is 0.111. The molecule has 0 atom stereocenters. The van der Waals surface area contributed by atoms with E-state index in [0.717, 1.165) is 0 Å². The number of aromatic nitrogens is 3. The van der Waals surface area contributed by atoms with Crippen LogP contribution in [0.1, 0.15) is 5.69 Å². The first-order valence-electron chi connectivity index (χ1n) is 4.05. The third-order valence-corrected chi connectivity index (χ3v) is 1.88. The first-order chi connectivity index (χ1) is 7.26. The molecule has 15 heavy (non-hydrogen) atoms. The maximum absolute atomic E-state index is 9.39. The molecule has 0 bridgehead atoms. The van der Waals surface area contributed by atoms with Crippen LogP contribution in [-0.2, 0) is 0 Å². The van der Waals surface area contributed by atoms with Gasteiger partial charge in [0, 0.05) is 6.07 Å². The normalized spacial score (nSPS) is 9.87. The van der Waals surface area contributed by atoms with Gasteiger partial charge in [-0.2, -0.15) is 5.26 Å². The Kier molecular flexibility index (Phi) is 2.06. The smallest absolute Gasteiger partial charge is 0.241 e. The molecule has 0 spiro atoms. The number of pyridine rings is 1. The van der Waals surface area contributed by atoms with E-state index >= 15 is 0 Å². The van der Waals surface area contributed by atoms with Crippen molar-refractivity contribution >= 4 is 11.0 Å². The van der Waals surface area contributed by atoms with Gasteiger partial charge < -0.3 is 9.84 Å². The van der Waals surface area contributed by atoms with Crippen LogP contribution in [0.25, 0.3) is 11.0 Å². The number of ether oxygens (including phenoxy) is 1. The zero-order valence-corrected chi connectivity index (χ0v) is 7.80. The second-order valence-electron chi connectivity index (χ2n) is 2.72. The molecule has 0 aromatic carbocycles. The minimum atomic E-state index is -0.251. The third kappa shape index (κ3) is 1.40. The number of fused-ring (bicyclic) bond motifs is 1. The first kappa shape index (κ1) is 9.15. The third-order valence-electron chi connectivity index (χ3n) is 1.88. The molecule has 1 N–H and O–H groups in total. The van der Waals surface area contributed by atoms with Gasteiger partial charge in [-0.15, -0.1) is 0 Å². The van der Waals surface area contributed by atoms with Crippen molar-refractivity contribution in [2.45, 2.75) is 0 Å². The number of methoxy groups -OCH3 is 1. The molecule has 6 nitrogen and oxygen atoms in total. The van der Waals surface area contributed by atoms with Gasteiger partial charge in [0.25, 0.3) is 0 Å². The SMILES string of the molecule is COc1cc2ncnc(O)c2nc1C#N. The van der Waals surface area contributed by atoms with Crippen molar-refractivity contribution in [2.24, 2.45) is 0 Å². The molecule has 0 unspecified atom stereocenters. The van der Waals surface area contributed by atoms with Crippen molar-refractivity contribution in [3.05, 3.63) is 18.1 Å². The van der Waals surface area contributed by atoms with Gasteiger partial charge in [-0.05, 0) is 0 Å². The van der Waals surface area contributed by atoms with Gasteiger partial charge in [0.05, 0.1) is 12.6 Å². The lowest BCUT2D eigenvalue weighted by atomic mass is 10.3. The summed E-state index contributed by atoms with van der Waals surface area (Å²) >= 11 is 0. The van der Waals surface area contributed by atoms with Gasteiger partial charge in [-0.3, -0.25) is 0 Å². The Labute approximate surface area is 84.8 Å². The summed E-state index contributed by atoms with van der Waals surface area (Å²) in [5, 5.41) is 18.2. The fourth-order valence-corrected chi connectivity index (χ4v) is 1.19. The zero-order valence-electron chi connectivity index (χ0n) is 7.80. The summed E-state index contributed by atoms with van der Waals surface area (Å²) in [5.74, 6) is 0.0715. The number of aromatic hydroxyl groups is 1. The Morgan fingerprint density at radius 1 is 1.47 bits per heavy atom. The monoisotopic (exact) mass is 202 g/mol. The summed E-state index contributed by atoms with van der Waals surface area (Å²) in [6.07, 6.45) is 1.21. The first-order valence-corrected chi connectivity index (χ1v) is 4.05. The molecule has 2 rings (SSSR count). The Bertz CT molecular complexity index is 562. The second-order valence-corrected chi connectivity index (χ2v) is 2.72. The summed E-state index contributed by atoms with van der Waals surface area (Å²) in [6.45, 7) is 0. The predicted molar refractivity (Wildman–Crippen MR) is 50.3 cm³/mol. The van der Waals surface area contributed by atoms with Crippen LogP contribution in [0.4, 0.5) is 0 Å². The van der Waals surface area contributed by atoms with Gasteiger partial charge in [0.15, 0.2) is 17.0 Å². The van der Waals surface area contributed by atoms with Crippen LogP contribution in [0.5, 0.6) is 11.6 Å². The summed E-state index contributed by atoms with van der Waals surface area (Å²) in [4.78, 5) is 11.4. The molecule has 0 amide bonds. The van der Waals surface area contributed by atoms with Crippen LogP contribution in [-0.4, -0.2) is 27.2 Å². The van der Waals surface area contributed by atoms with E-state index < -0.39 is 0 Å². The maximum Gasteiger partial charge on any atom is 0.241 e. The van der Waals surface area contributed by atoms with E-state index in [-0.39, 0.29) is 17.1 Å². The van der Waals surface area contributed by atoms with Gasteiger partial charge in [-0.25, -0.2) is 15.0 Å². The minimum Gasteiger partial charge on any atom is -0.494 e. The Balaban J connectivity index is 2.83. The lowest BCUT2D eigenvalue weighted by Gasteiger charge is -2.03.